The van der Waals surface area contributed by atoms with Crippen LogP contribution in [0.1, 0.15) is 44.7 Å². The normalized spacial score (nSPS) is 14.5. The predicted octanol–water partition coefficient (Wildman–Crippen LogP) is 5.10. The number of hydrogen-bond acceptors (Lipinski definition) is 4. The zero-order chi connectivity index (χ0) is 18.7. The lowest BCUT2D eigenvalue weighted by Crippen LogP contribution is -2.17. The smallest absolute Gasteiger partial charge is 0.292 e. The second-order valence-electron chi connectivity index (χ2n) is 7.95. The highest BCUT2D eigenvalue weighted by atomic mass is 16.6. The minimum Gasteiger partial charge on any atom is -0.375 e. The lowest BCUT2D eigenvalue weighted by molar-refractivity contribution is -0.384. The summed E-state index contributed by atoms with van der Waals surface area (Å²) < 4.78 is 0. The molecule has 0 amide bonds. The van der Waals surface area contributed by atoms with Gasteiger partial charge in [-0.15, -0.1) is 0 Å². The number of nitro benzene ring substituents is 1. The Hall–Kier alpha value is -2.56. The van der Waals surface area contributed by atoms with Gasteiger partial charge < -0.3 is 10.2 Å². The van der Waals surface area contributed by atoms with E-state index in [1.807, 2.05) is 12.1 Å². The van der Waals surface area contributed by atoms with Gasteiger partial charge >= 0.3 is 0 Å². The van der Waals surface area contributed by atoms with Crippen LogP contribution in [-0.2, 0) is 12.0 Å². The van der Waals surface area contributed by atoms with Crippen LogP contribution < -0.4 is 10.2 Å². The lowest BCUT2D eigenvalue weighted by atomic mass is 9.87. The average Bonchev–Trinajstić information content (AvgIpc) is 3.14. The van der Waals surface area contributed by atoms with E-state index in [0.717, 1.165) is 24.3 Å². The van der Waals surface area contributed by atoms with Crippen molar-refractivity contribution in [2.24, 2.45) is 0 Å². The third-order valence-corrected chi connectivity index (χ3v) is 4.95. The highest BCUT2D eigenvalue weighted by molar-refractivity contribution is 5.69. The summed E-state index contributed by atoms with van der Waals surface area (Å²) in [4.78, 5) is 13.3. The van der Waals surface area contributed by atoms with Crippen molar-refractivity contribution in [2.45, 2.75) is 45.6 Å². The highest BCUT2D eigenvalue weighted by Crippen LogP contribution is 2.31. The van der Waals surface area contributed by atoms with Gasteiger partial charge in [-0.05, 0) is 41.5 Å². The van der Waals surface area contributed by atoms with Crippen LogP contribution in [0.4, 0.5) is 17.1 Å². The molecule has 1 N–H and O–H groups in total. The molecular formula is C21H27N3O2. The molecule has 0 radical (unpaired) electrons. The molecule has 5 nitrogen and oxygen atoms in total. The van der Waals surface area contributed by atoms with Crippen LogP contribution in [0.3, 0.4) is 0 Å². The van der Waals surface area contributed by atoms with Crippen LogP contribution in [0, 0.1) is 10.1 Å². The van der Waals surface area contributed by atoms with E-state index in [2.05, 4.69) is 55.3 Å². The van der Waals surface area contributed by atoms with Crippen LogP contribution >= 0.6 is 0 Å². The van der Waals surface area contributed by atoms with E-state index in [1.54, 1.807) is 6.07 Å². The molecule has 3 rings (SSSR count). The maximum absolute atomic E-state index is 11.4. The molecule has 1 fully saturated rings. The number of nitro groups is 1. The molecule has 0 bridgehead atoms. The lowest BCUT2D eigenvalue weighted by Gasteiger charge is -2.20. The molecule has 1 aliphatic rings. The van der Waals surface area contributed by atoms with Crippen LogP contribution in [0.2, 0.25) is 0 Å². The monoisotopic (exact) mass is 353 g/mol. The van der Waals surface area contributed by atoms with Gasteiger partial charge in [0.2, 0.25) is 0 Å². The summed E-state index contributed by atoms with van der Waals surface area (Å²) in [5.74, 6) is 0. The molecule has 0 spiro atoms. The van der Waals surface area contributed by atoms with Crippen molar-refractivity contribution in [2.75, 3.05) is 23.3 Å². The van der Waals surface area contributed by atoms with Crippen LogP contribution in [0.25, 0.3) is 0 Å². The second-order valence-corrected chi connectivity index (χ2v) is 7.95. The minimum absolute atomic E-state index is 0.120. The quantitative estimate of drug-likeness (QED) is 0.600. The highest BCUT2D eigenvalue weighted by Gasteiger charge is 2.19. The fraction of sp³-hybridized carbons (Fsp3) is 0.429. The Morgan fingerprint density at radius 1 is 1.08 bits per heavy atom. The molecule has 0 aromatic heterocycles. The summed E-state index contributed by atoms with van der Waals surface area (Å²) in [6.45, 7) is 9.17. The first kappa shape index (κ1) is 18.2. The molecule has 1 heterocycles. The molecule has 1 aliphatic heterocycles. The predicted molar refractivity (Wildman–Crippen MR) is 107 cm³/mol. The van der Waals surface area contributed by atoms with E-state index in [9.17, 15) is 10.1 Å². The standard InChI is InChI=1S/C21H27N3O2/c1-21(2,3)17-8-6-16(7-9-17)15-22-19-14-18(23-12-4-5-13-23)10-11-20(19)24(25)26/h6-11,14,22H,4-5,12-13,15H2,1-3H3. The number of benzene rings is 2. The first-order chi connectivity index (χ1) is 12.3. The molecule has 1 saturated heterocycles. The minimum atomic E-state index is -0.321. The third-order valence-electron chi connectivity index (χ3n) is 4.95. The molecule has 0 aliphatic carbocycles. The van der Waals surface area contributed by atoms with Gasteiger partial charge in [0, 0.05) is 31.4 Å². The molecular weight excluding hydrogens is 326 g/mol. The van der Waals surface area contributed by atoms with E-state index >= 15 is 0 Å². The van der Waals surface area contributed by atoms with Gasteiger partial charge in [0.25, 0.3) is 5.69 Å². The SMILES string of the molecule is CC(C)(C)c1ccc(CNc2cc(N3CCCC3)ccc2[N+](=O)[O-])cc1. The van der Waals surface area contributed by atoms with Crippen LogP contribution in [-0.4, -0.2) is 18.0 Å². The Labute approximate surface area is 155 Å². The largest absolute Gasteiger partial charge is 0.375 e. The van der Waals surface area contributed by atoms with Gasteiger partial charge in [-0.2, -0.15) is 0 Å². The van der Waals surface area contributed by atoms with Crippen molar-refractivity contribution in [3.63, 3.8) is 0 Å². The topological polar surface area (TPSA) is 58.4 Å². The van der Waals surface area contributed by atoms with Crippen molar-refractivity contribution < 1.29 is 4.92 Å². The fourth-order valence-electron chi connectivity index (χ4n) is 3.32. The Bertz CT molecular complexity index is 773. The third kappa shape index (κ3) is 4.15. The summed E-state index contributed by atoms with van der Waals surface area (Å²) in [6, 6.07) is 13.8. The molecule has 0 saturated carbocycles. The van der Waals surface area contributed by atoms with E-state index in [-0.39, 0.29) is 16.0 Å². The summed E-state index contributed by atoms with van der Waals surface area (Å²) in [7, 11) is 0. The van der Waals surface area contributed by atoms with E-state index in [1.165, 1.54) is 18.4 Å². The van der Waals surface area contributed by atoms with Gasteiger partial charge in [-0.25, -0.2) is 0 Å². The number of rotatable bonds is 5. The van der Waals surface area contributed by atoms with Crippen molar-refractivity contribution in [3.8, 4) is 0 Å². The first-order valence-electron chi connectivity index (χ1n) is 9.21. The van der Waals surface area contributed by atoms with E-state index < -0.39 is 0 Å². The zero-order valence-electron chi connectivity index (χ0n) is 15.8. The number of nitrogens with one attached hydrogen (secondary N) is 1. The molecule has 2 aromatic carbocycles. The van der Waals surface area contributed by atoms with Crippen molar-refractivity contribution in [3.05, 3.63) is 63.7 Å². The van der Waals surface area contributed by atoms with E-state index in [4.69, 9.17) is 0 Å². The zero-order valence-corrected chi connectivity index (χ0v) is 15.8. The summed E-state index contributed by atoms with van der Waals surface area (Å²) >= 11 is 0. The van der Waals surface area contributed by atoms with Gasteiger partial charge in [-0.3, -0.25) is 10.1 Å². The second kappa shape index (κ2) is 7.36. The fourth-order valence-corrected chi connectivity index (χ4v) is 3.32. The number of hydrogen-bond donors (Lipinski definition) is 1. The molecule has 138 valence electrons. The Kier molecular flexibility index (Phi) is 5.16. The summed E-state index contributed by atoms with van der Waals surface area (Å²) in [5.41, 5.74) is 4.27. The first-order valence-corrected chi connectivity index (χ1v) is 9.21. The van der Waals surface area contributed by atoms with Gasteiger partial charge in [0.1, 0.15) is 5.69 Å². The van der Waals surface area contributed by atoms with Crippen molar-refractivity contribution in [1.29, 1.82) is 0 Å². The number of anilines is 2. The molecule has 0 atom stereocenters. The van der Waals surface area contributed by atoms with Crippen molar-refractivity contribution in [1.82, 2.24) is 0 Å². The average molecular weight is 353 g/mol. The summed E-state index contributed by atoms with van der Waals surface area (Å²) in [5, 5.41) is 14.6. The van der Waals surface area contributed by atoms with E-state index in [0.29, 0.717) is 12.2 Å². The van der Waals surface area contributed by atoms with Crippen LogP contribution in [0.5, 0.6) is 0 Å². The van der Waals surface area contributed by atoms with Gasteiger partial charge in [-0.1, -0.05) is 45.0 Å². The maximum Gasteiger partial charge on any atom is 0.292 e. The Balaban J connectivity index is 1.77. The molecule has 5 heteroatoms. The molecule has 0 unspecified atom stereocenters. The maximum atomic E-state index is 11.4. The van der Waals surface area contributed by atoms with Gasteiger partial charge in [0.05, 0.1) is 4.92 Å². The van der Waals surface area contributed by atoms with Crippen LogP contribution in [0.15, 0.2) is 42.5 Å². The van der Waals surface area contributed by atoms with Gasteiger partial charge in [0.15, 0.2) is 0 Å². The Morgan fingerprint density at radius 2 is 1.73 bits per heavy atom. The molecule has 26 heavy (non-hydrogen) atoms. The summed E-state index contributed by atoms with van der Waals surface area (Å²) in [6.07, 6.45) is 2.36. The Morgan fingerprint density at radius 3 is 2.31 bits per heavy atom. The number of nitrogens with zero attached hydrogens (tertiary/aromatic N) is 2. The van der Waals surface area contributed by atoms with Crippen molar-refractivity contribution >= 4 is 17.1 Å². The molecule has 2 aromatic rings.